The number of hydrogen-bond donors (Lipinski definition) is 1. The van der Waals surface area contributed by atoms with Gasteiger partial charge in [0.05, 0.1) is 0 Å². The van der Waals surface area contributed by atoms with Crippen LogP contribution < -0.4 is 10.2 Å². The molecule has 1 aromatic rings. The minimum absolute atomic E-state index is 0.536. The zero-order valence-corrected chi connectivity index (χ0v) is 11.4. The zero-order chi connectivity index (χ0) is 12.3. The van der Waals surface area contributed by atoms with E-state index in [9.17, 15) is 0 Å². The van der Waals surface area contributed by atoms with E-state index in [4.69, 9.17) is 11.6 Å². The number of nitrogens with one attached hydrogen (secondary N) is 1. The third-order valence-electron chi connectivity index (χ3n) is 3.35. The SMILES string of the molecule is Cc1ccc(Cl)cc1N1CCCCNC(C)C1. The summed E-state index contributed by atoms with van der Waals surface area (Å²) >= 11 is 6.10. The third-order valence-corrected chi connectivity index (χ3v) is 3.59. The highest BCUT2D eigenvalue weighted by Gasteiger charge is 2.15. The normalized spacial score (nSPS) is 22.1. The van der Waals surface area contributed by atoms with Gasteiger partial charge in [-0.1, -0.05) is 17.7 Å². The summed E-state index contributed by atoms with van der Waals surface area (Å²) in [6.07, 6.45) is 2.49. The Bertz CT molecular complexity index is 378. The van der Waals surface area contributed by atoms with Gasteiger partial charge in [-0.3, -0.25) is 0 Å². The van der Waals surface area contributed by atoms with Crippen LogP contribution in [0.25, 0.3) is 0 Å². The van der Waals surface area contributed by atoms with Crippen LogP contribution in [-0.4, -0.2) is 25.7 Å². The molecule has 94 valence electrons. The minimum Gasteiger partial charge on any atom is -0.370 e. The third kappa shape index (κ3) is 3.36. The van der Waals surface area contributed by atoms with Gasteiger partial charge in [0.1, 0.15) is 0 Å². The van der Waals surface area contributed by atoms with Crippen molar-refractivity contribution in [3.05, 3.63) is 28.8 Å². The average Bonchev–Trinajstić information content (AvgIpc) is 2.27. The van der Waals surface area contributed by atoms with Crippen LogP contribution in [0.1, 0.15) is 25.3 Å². The lowest BCUT2D eigenvalue weighted by atomic mass is 10.1. The number of anilines is 1. The van der Waals surface area contributed by atoms with Crippen molar-refractivity contribution in [2.75, 3.05) is 24.5 Å². The Morgan fingerprint density at radius 2 is 2.18 bits per heavy atom. The molecule has 2 nitrogen and oxygen atoms in total. The quantitative estimate of drug-likeness (QED) is 0.826. The number of aryl methyl sites for hydroxylation is 1. The number of halogens is 1. The first-order valence-corrected chi connectivity index (χ1v) is 6.79. The highest BCUT2D eigenvalue weighted by atomic mass is 35.5. The summed E-state index contributed by atoms with van der Waals surface area (Å²) in [6.45, 7) is 7.73. The standard InChI is InChI=1S/C14H21ClN2/c1-11-5-6-13(15)9-14(11)17-8-4-3-7-16-12(2)10-17/h5-6,9,12,16H,3-4,7-8,10H2,1-2H3. The lowest BCUT2D eigenvalue weighted by Gasteiger charge is -2.32. The predicted octanol–water partition coefficient (Wildman–Crippen LogP) is 3.23. The van der Waals surface area contributed by atoms with Gasteiger partial charge in [0.15, 0.2) is 0 Å². The lowest BCUT2D eigenvalue weighted by molar-refractivity contribution is 0.485. The molecule has 0 spiro atoms. The Balaban J connectivity index is 2.20. The zero-order valence-electron chi connectivity index (χ0n) is 10.7. The van der Waals surface area contributed by atoms with Crippen LogP contribution >= 0.6 is 11.6 Å². The second kappa shape index (κ2) is 5.74. The molecule has 17 heavy (non-hydrogen) atoms. The molecule has 1 aliphatic heterocycles. The van der Waals surface area contributed by atoms with Crippen molar-refractivity contribution in [2.24, 2.45) is 0 Å². The van der Waals surface area contributed by atoms with E-state index < -0.39 is 0 Å². The van der Waals surface area contributed by atoms with Crippen molar-refractivity contribution in [3.8, 4) is 0 Å². The maximum Gasteiger partial charge on any atom is 0.0426 e. The van der Waals surface area contributed by atoms with Crippen molar-refractivity contribution in [3.63, 3.8) is 0 Å². The van der Waals surface area contributed by atoms with Gasteiger partial charge in [-0.2, -0.15) is 0 Å². The van der Waals surface area contributed by atoms with Gasteiger partial charge in [-0.15, -0.1) is 0 Å². The van der Waals surface area contributed by atoms with Crippen molar-refractivity contribution in [1.29, 1.82) is 0 Å². The first-order chi connectivity index (χ1) is 8.16. The van der Waals surface area contributed by atoms with E-state index in [0.29, 0.717) is 6.04 Å². The lowest BCUT2D eigenvalue weighted by Crippen LogP contribution is -2.42. The van der Waals surface area contributed by atoms with Gasteiger partial charge in [-0.05, 0) is 50.9 Å². The molecular weight excluding hydrogens is 232 g/mol. The van der Waals surface area contributed by atoms with Crippen LogP contribution in [0.5, 0.6) is 0 Å². The maximum atomic E-state index is 6.10. The summed E-state index contributed by atoms with van der Waals surface area (Å²) in [7, 11) is 0. The van der Waals surface area contributed by atoms with E-state index in [2.05, 4.69) is 36.2 Å². The Hall–Kier alpha value is -0.730. The molecule has 1 heterocycles. The Labute approximate surface area is 109 Å². The molecule has 0 saturated carbocycles. The van der Waals surface area contributed by atoms with Crippen LogP contribution in [-0.2, 0) is 0 Å². The highest BCUT2D eigenvalue weighted by molar-refractivity contribution is 6.30. The first kappa shape index (κ1) is 12.7. The molecule has 0 aliphatic carbocycles. The van der Waals surface area contributed by atoms with Crippen LogP contribution in [0.3, 0.4) is 0 Å². The van der Waals surface area contributed by atoms with E-state index in [-0.39, 0.29) is 0 Å². The number of hydrogen-bond acceptors (Lipinski definition) is 2. The van der Waals surface area contributed by atoms with E-state index in [1.165, 1.54) is 24.1 Å². The molecule has 1 saturated heterocycles. The monoisotopic (exact) mass is 252 g/mol. The average molecular weight is 253 g/mol. The van der Waals surface area contributed by atoms with Crippen LogP contribution in [0.15, 0.2) is 18.2 Å². The molecule has 2 rings (SSSR count). The minimum atomic E-state index is 0.536. The van der Waals surface area contributed by atoms with E-state index in [1.54, 1.807) is 0 Å². The molecule has 0 radical (unpaired) electrons. The van der Waals surface area contributed by atoms with Gasteiger partial charge in [-0.25, -0.2) is 0 Å². The van der Waals surface area contributed by atoms with Crippen LogP contribution in [0, 0.1) is 6.92 Å². The number of nitrogens with zero attached hydrogens (tertiary/aromatic N) is 1. The summed E-state index contributed by atoms with van der Waals surface area (Å²) in [4.78, 5) is 2.46. The van der Waals surface area contributed by atoms with Gasteiger partial charge in [0.2, 0.25) is 0 Å². The molecular formula is C14H21ClN2. The van der Waals surface area contributed by atoms with E-state index >= 15 is 0 Å². The Kier molecular flexibility index (Phi) is 4.30. The molecule has 1 aromatic carbocycles. The molecule has 1 atom stereocenters. The fourth-order valence-corrected chi connectivity index (χ4v) is 2.57. The number of rotatable bonds is 1. The van der Waals surface area contributed by atoms with Crippen molar-refractivity contribution in [1.82, 2.24) is 5.32 Å². The van der Waals surface area contributed by atoms with Gasteiger partial charge < -0.3 is 10.2 Å². The van der Waals surface area contributed by atoms with Crippen molar-refractivity contribution < 1.29 is 0 Å². The van der Waals surface area contributed by atoms with Crippen LogP contribution in [0.4, 0.5) is 5.69 Å². The maximum absolute atomic E-state index is 6.10. The van der Waals surface area contributed by atoms with Gasteiger partial charge >= 0.3 is 0 Å². The topological polar surface area (TPSA) is 15.3 Å². The highest BCUT2D eigenvalue weighted by Crippen LogP contribution is 2.25. The summed E-state index contributed by atoms with van der Waals surface area (Å²) in [5, 5.41) is 4.37. The second-order valence-corrected chi connectivity index (χ2v) is 5.38. The Morgan fingerprint density at radius 3 is 3.00 bits per heavy atom. The van der Waals surface area contributed by atoms with Crippen molar-refractivity contribution >= 4 is 17.3 Å². The Morgan fingerprint density at radius 1 is 1.35 bits per heavy atom. The summed E-state index contributed by atoms with van der Waals surface area (Å²) in [6, 6.07) is 6.69. The van der Waals surface area contributed by atoms with E-state index in [1.807, 2.05) is 6.07 Å². The molecule has 1 N–H and O–H groups in total. The molecule has 0 amide bonds. The predicted molar refractivity (Wildman–Crippen MR) is 75.1 cm³/mol. The van der Waals surface area contributed by atoms with Gasteiger partial charge in [0, 0.05) is 29.8 Å². The smallest absolute Gasteiger partial charge is 0.0426 e. The second-order valence-electron chi connectivity index (χ2n) is 4.94. The molecule has 3 heteroatoms. The number of benzene rings is 1. The van der Waals surface area contributed by atoms with Crippen LogP contribution in [0.2, 0.25) is 5.02 Å². The largest absolute Gasteiger partial charge is 0.370 e. The fourth-order valence-electron chi connectivity index (χ4n) is 2.40. The molecule has 0 aromatic heterocycles. The first-order valence-electron chi connectivity index (χ1n) is 6.41. The van der Waals surface area contributed by atoms with Crippen molar-refractivity contribution in [2.45, 2.75) is 32.7 Å². The summed E-state index contributed by atoms with van der Waals surface area (Å²) in [5.41, 5.74) is 2.59. The molecule has 1 fully saturated rings. The van der Waals surface area contributed by atoms with Gasteiger partial charge in [0.25, 0.3) is 0 Å². The summed E-state index contributed by atoms with van der Waals surface area (Å²) in [5.74, 6) is 0. The molecule has 0 bridgehead atoms. The summed E-state index contributed by atoms with van der Waals surface area (Å²) < 4.78 is 0. The van der Waals surface area contributed by atoms with E-state index in [0.717, 1.165) is 24.7 Å². The molecule has 1 aliphatic rings. The molecule has 1 unspecified atom stereocenters. The fraction of sp³-hybridized carbons (Fsp3) is 0.571.